The van der Waals surface area contributed by atoms with Crippen molar-refractivity contribution in [2.24, 2.45) is 5.73 Å². The molecule has 0 aromatic carbocycles. The molecular weight excluding hydrogens is 272 g/mol. The van der Waals surface area contributed by atoms with E-state index in [1.54, 1.807) is 17.5 Å². The van der Waals surface area contributed by atoms with Crippen LogP contribution in [-0.2, 0) is 0 Å². The van der Waals surface area contributed by atoms with Gasteiger partial charge < -0.3 is 5.73 Å². The zero-order valence-corrected chi connectivity index (χ0v) is 10.7. The number of halogens is 1. The fourth-order valence-electron chi connectivity index (χ4n) is 1.48. The Hall–Kier alpha value is -0.710. The van der Waals surface area contributed by atoms with Crippen molar-refractivity contribution in [2.75, 3.05) is 0 Å². The van der Waals surface area contributed by atoms with Gasteiger partial charge in [0.1, 0.15) is 0 Å². The second-order valence-corrected chi connectivity index (χ2v) is 4.96. The normalized spacial score (nSPS) is 12.7. The van der Waals surface area contributed by atoms with Crippen LogP contribution in [0, 0.1) is 6.92 Å². The molecule has 0 fully saturated rings. The summed E-state index contributed by atoms with van der Waals surface area (Å²) in [6.07, 6.45) is 1.78. The molecule has 1 unspecified atom stereocenters. The highest BCUT2D eigenvalue weighted by Gasteiger charge is 2.15. The van der Waals surface area contributed by atoms with Crippen LogP contribution in [0.3, 0.4) is 0 Å². The van der Waals surface area contributed by atoms with Crippen LogP contribution in [0.25, 0.3) is 0 Å². The minimum Gasteiger partial charge on any atom is -0.319 e. The molecule has 78 valence electrons. The van der Waals surface area contributed by atoms with Crippen LogP contribution in [0.2, 0.25) is 0 Å². The number of nitrogens with zero attached hydrogens (tertiary/aromatic N) is 1. The molecule has 2 rings (SSSR count). The molecule has 2 heterocycles. The van der Waals surface area contributed by atoms with Crippen molar-refractivity contribution in [3.8, 4) is 0 Å². The number of pyridine rings is 1. The Morgan fingerprint density at radius 3 is 2.87 bits per heavy atom. The fraction of sp³-hybridized carbons (Fsp3) is 0.182. The van der Waals surface area contributed by atoms with Crippen LogP contribution in [0.4, 0.5) is 0 Å². The number of aryl methyl sites for hydroxylation is 1. The third-order valence-electron chi connectivity index (χ3n) is 2.32. The van der Waals surface area contributed by atoms with E-state index in [4.69, 9.17) is 5.73 Å². The zero-order valence-electron chi connectivity index (χ0n) is 8.27. The Balaban J connectivity index is 2.41. The predicted molar refractivity (Wildman–Crippen MR) is 67.0 cm³/mol. The predicted octanol–water partition coefficient (Wildman–Crippen LogP) is 3.26. The highest BCUT2D eigenvalue weighted by atomic mass is 79.9. The number of rotatable bonds is 2. The summed E-state index contributed by atoms with van der Waals surface area (Å²) in [5, 5.41) is 4.09. The van der Waals surface area contributed by atoms with Crippen molar-refractivity contribution in [1.82, 2.24) is 4.98 Å². The first kappa shape index (κ1) is 10.8. The summed E-state index contributed by atoms with van der Waals surface area (Å²) in [6.45, 7) is 2.03. The maximum Gasteiger partial charge on any atom is 0.0748 e. The van der Waals surface area contributed by atoms with Gasteiger partial charge in [-0.1, -0.05) is 6.07 Å². The SMILES string of the molecule is Cc1cccnc1C(N)c1cscc1Br. The standard InChI is InChI=1S/C11H11BrN2S/c1-7-3-2-4-14-11(7)10(13)8-5-15-6-9(8)12/h2-6,10H,13H2,1H3. The van der Waals surface area contributed by atoms with Crippen molar-refractivity contribution in [2.45, 2.75) is 13.0 Å². The lowest BCUT2D eigenvalue weighted by Crippen LogP contribution is -2.14. The largest absolute Gasteiger partial charge is 0.319 e. The van der Waals surface area contributed by atoms with Gasteiger partial charge in [0.05, 0.1) is 11.7 Å². The Morgan fingerprint density at radius 1 is 1.47 bits per heavy atom. The van der Waals surface area contributed by atoms with Gasteiger partial charge in [-0.3, -0.25) is 4.98 Å². The Bertz CT molecular complexity index is 467. The van der Waals surface area contributed by atoms with Gasteiger partial charge in [-0.15, -0.1) is 0 Å². The van der Waals surface area contributed by atoms with E-state index in [0.29, 0.717) is 0 Å². The third kappa shape index (κ3) is 2.12. The molecule has 0 saturated carbocycles. The second-order valence-electron chi connectivity index (χ2n) is 3.36. The highest BCUT2D eigenvalue weighted by Crippen LogP contribution is 2.30. The van der Waals surface area contributed by atoms with Gasteiger partial charge in [-0.25, -0.2) is 0 Å². The molecule has 4 heteroatoms. The van der Waals surface area contributed by atoms with E-state index >= 15 is 0 Å². The molecule has 2 N–H and O–H groups in total. The highest BCUT2D eigenvalue weighted by molar-refractivity contribution is 9.10. The molecule has 15 heavy (non-hydrogen) atoms. The third-order valence-corrected chi connectivity index (χ3v) is 4.07. The van der Waals surface area contributed by atoms with Gasteiger partial charge in [0, 0.05) is 16.0 Å². The monoisotopic (exact) mass is 282 g/mol. The number of hydrogen-bond donors (Lipinski definition) is 1. The summed E-state index contributed by atoms with van der Waals surface area (Å²) in [6, 6.07) is 3.81. The van der Waals surface area contributed by atoms with Gasteiger partial charge in [0.15, 0.2) is 0 Å². The molecule has 0 saturated heterocycles. The molecule has 0 aliphatic carbocycles. The first-order valence-corrected chi connectivity index (χ1v) is 6.32. The number of hydrogen-bond acceptors (Lipinski definition) is 3. The van der Waals surface area contributed by atoms with Crippen LogP contribution in [0.1, 0.15) is 22.9 Å². The fourth-order valence-corrected chi connectivity index (χ4v) is 3.06. The molecule has 0 radical (unpaired) electrons. The van der Waals surface area contributed by atoms with Gasteiger partial charge in [-0.2, -0.15) is 11.3 Å². The van der Waals surface area contributed by atoms with Crippen LogP contribution < -0.4 is 5.73 Å². The summed E-state index contributed by atoms with van der Waals surface area (Å²) in [7, 11) is 0. The molecule has 0 bridgehead atoms. The van der Waals surface area contributed by atoms with Gasteiger partial charge in [-0.05, 0) is 45.4 Å². The molecule has 2 aromatic rings. The van der Waals surface area contributed by atoms with Crippen molar-refractivity contribution >= 4 is 27.3 Å². The van der Waals surface area contributed by atoms with Gasteiger partial charge in [0.2, 0.25) is 0 Å². The van der Waals surface area contributed by atoms with E-state index in [2.05, 4.69) is 26.3 Å². The van der Waals surface area contributed by atoms with Crippen LogP contribution >= 0.6 is 27.3 Å². The molecule has 0 aliphatic rings. The minimum atomic E-state index is -0.146. The lowest BCUT2D eigenvalue weighted by atomic mass is 10.0. The number of nitrogens with two attached hydrogens (primary N) is 1. The second kappa shape index (κ2) is 4.43. The lowest BCUT2D eigenvalue weighted by molar-refractivity contribution is 0.818. The molecule has 0 amide bonds. The Kier molecular flexibility index (Phi) is 3.19. The van der Waals surface area contributed by atoms with E-state index in [1.807, 2.05) is 24.4 Å². The van der Waals surface area contributed by atoms with Gasteiger partial charge in [0.25, 0.3) is 0 Å². The zero-order chi connectivity index (χ0) is 10.8. The summed E-state index contributed by atoms with van der Waals surface area (Å²) in [4.78, 5) is 4.33. The molecule has 0 aliphatic heterocycles. The summed E-state index contributed by atoms with van der Waals surface area (Å²) in [5.41, 5.74) is 9.34. The van der Waals surface area contributed by atoms with Crippen LogP contribution in [0.5, 0.6) is 0 Å². The summed E-state index contributed by atoms with van der Waals surface area (Å²) < 4.78 is 1.06. The first-order valence-electron chi connectivity index (χ1n) is 4.59. The van der Waals surface area contributed by atoms with E-state index in [9.17, 15) is 0 Å². The smallest absolute Gasteiger partial charge is 0.0748 e. The van der Waals surface area contributed by atoms with Crippen LogP contribution in [-0.4, -0.2) is 4.98 Å². The number of thiophene rings is 1. The lowest BCUT2D eigenvalue weighted by Gasteiger charge is -2.12. The van der Waals surface area contributed by atoms with E-state index < -0.39 is 0 Å². The van der Waals surface area contributed by atoms with Crippen LogP contribution in [0.15, 0.2) is 33.6 Å². The summed E-state index contributed by atoms with van der Waals surface area (Å²) >= 11 is 5.13. The Morgan fingerprint density at radius 2 is 2.27 bits per heavy atom. The molecule has 2 aromatic heterocycles. The minimum absolute atomic E-state index is 0.146. The Labute approximate surface area is 101 Å². The van der Waals surface area contributed by atoms with Crippen molar-refractivity contribution < 1.29 is 0 Å². The van der Waals surface area contributed by atoms with Crippen molar-refractivity contribution in [1.29, 1.82) is 0 Å². The molecule has 2 nitrogen and oxygen atoms in total. The van der Waals surface area contributed by atoms with Crippen molar-refractivity contribution in [3.05, 3.63) is 50.4 Å². The van der Waals surface area contributed by atoms with Crippen molar-refractivity contribution in [3.63, 3.8) is 0 Å². The van der Waals surface area contributed by atoms with Gasteiger partial charge >= 0.3 is 0 Å². The summed E-state index contributed by atoms with van der Waals surface area (Å²) in [5.74, 6) is 0. The topological polar surface area (TPSA) is 38.9 Å². The van der Waals surface area contributed by atoms with E-state index in [-0.39, 0.29) is 6.04 Å². The molecular formula is C11H11BrN2S. The first-order chi connectivity index (χ1) is 7.20. The average molecular weight is 283 g/mol. The molecule has 0 spiro atoms. The van der Waals surface area contributed by atoms with E-state index in [1.165, 1.54) is 0 Å². The number of aromatic nitrogens is 1. The maximum absolute atomic E-state index is 6.18. The quantitative estimate of drug-likeness (QED) is 0.918. The van der Waals surface area contributed by atoms with E-state index in [0.717, 1.165) is 21.3 Å². The molecule has 1 atom stereocenters. The average Bonchev–Trinajstić information content (AvgIpc) is 2.64. The maximum atomic E-state index is 6.18.